The van der Waals surface area contributed by atoms with Gasteiger partial charge < -0.3 is 5.11 Å². The highest BCUT2D eigenvalue weighted by Crippen LogP contribution is 2.16. The fourth-order valence-electron chi connectivity index (χ4n) is 1.71. The summed E-state index contributed by atoms with van der Waals surface area (Å²) >= 11 is 1.62. The monoisotopic (exact) mass is 261 g/mol. The van der Waals surface area contributed by atoms with E-state index in [9.17, 15) is 4.79 Å². The molecule has 0 aliphatic heterocycles. The summed E-state index contributed by atoms with van der Waals surface area (Å²) in [5, 5.41) is 9.70. The first-order chi connectivity index (χ1) is 8.74. The minimum Gasteiger partial charge on any atom is -0.481 e. The predicted molar refractivity (Wildman–Crippen MR) is 71.9 cm³/mol. The molecule has 0 saturated heterocycles. The molecular formula is C14H15NO2S. The number of carboxylic acids is 1. The van der Waals surface area contributed by atoms with Gasteiger partial charge in [0.25, 0.3) is 0 Å². The Morgan fingerprint density at radius 1 is 1.17 bits per heavy atom. The van der Waals surface area contributed by atoms with Gasteiger partial charge in [0.05, 0.1) is 11.4 Å². The third-order valence-electron chi connectivity index (χ3n) is 2.66. The van der Waals surface area contributed by atoms with Crippen molar-refractivity contribution in [3.8, 4) is 0 Å². The molecule has 1 heterocycles. The predicted octanol–water partition coefficient (Wildman–Crippen LogP) is 2.95. The van der Waals surface area contributed by atoms with E-state index < -0.39 is 5.97 Å². The van der Waals surface area contributed by atoms with Gasteiger partial charge in [0, 0.05) is 17.5 Å². The van der Waals surface area contributed by atoms with Gasteiger partial charge in [-0.05, 0) is 18.4 Å². The van der Waals surface area contributed by atoms with E-state index in [0.29, 0.717) is 6.42 Å². The first kappa shape index (κ1) is 12.8. The van der Waals surface area contributed by atoms with Crippen molar-refractivity contribution in [1.82, 2.24) is 4.98 Å². The molecule has 0 amide bonds. The molecule has 2 aromatic rings. The number of carbonyl (C=O) groups is 1. The van der Waals surface area contributed by atoms with E-state index in [1.54, 1.807) is 17.5 Å². The van der Waals surface area contributed by atoms with E-state index in [1.807, 2.05) is 18.2 Å². The SMILES string of the molecule is O=C(O)CCc1cnc(CCc2ccccc2)s1. The number of hydrogen-bond donors (Lipinski definition) is 1. The number of benzene rings is 1. The van der Waals surface area contributed by atoms with Crippen LogP contribution in [-0.2, 0) is 24.1 Å². The Kier molecular flexibility index (Phi) is 4.47. The second-order valence-corrected chi connectivity index (χ2v) is 5.30. The Morgan fingerprint density at radius 3 is 2.67 bits per heavy atom. The standard InChI is InChI=1S/C14H15NO2S/c16-14(17)9-7-12-10-15-13(18-12)8-6-11-4-2-1-3-5-11/h1-5,10H,6-9H2,(H,16,17). The topological polar surface area (TPSA) is 50.2 Å². The van der Waals surface area contributed by atoms with Crippen LogP contribution in [0, 0.1) is 0 Å². The van der Waals surface area contributed by atoms with Gasteiger partial charge in [0.15, 0.2) is 0 Å². The van der Waals surface area contributed by atoms with Gasteiger partial charge in [-0.25, -0.2) is 4.98 Å². The molecule has 0 bridgehead atoms. The fourth-order valence-corrected chi connectivity index (χ4v) is 2.63. The number of aromatic nitrogens is 1. The summed E-state index contributed by atoms with van der Waals surface area (Å²) in [6.07, 6.45) is 4.46. The van der Waals surface area contributed by atoms with Crippen LogP contribution < -0.4 is 0 Å². The van der Waals surface area contributed by atoms with Crippen LogP contribution >= 0.6 is 11.3 Å². The number of hydrogen-bond acceptors (Lipinski definition) is 3. The molecule has 0 radical (unpaired) electrons. The number of thiazole rings is 1. The van der Waals surface area contributed by atoms with Crippen LogP contribution in [0.3, 0.4) is 0 Å². The molecule has 0 aliphatic carbocycles. The zero-order valence-corrected chi connectivity index (χ0v) is 10.8. The molecule has 3 nitrogen and oxygen atoms in total. The van der Waals surface area contributed by atoms with Gasteiger partial charge in [-0.2, -0.15) is 0 Å². The molecular weight excluding hydrogens is 246 g/mol. The summed E-state index contributed by atoms with van der Waals surface area (Å²) in [4.78, 5) is 15.9. The van der Waals surface area contributed by atoms with Crippen molar-refractivity contribution in [1.29, 1.82) is 0 Å². The number of aryl methyl sites for hydroxylation is 3. The van der Waals surface area contributed by atoms with E-state index >= 15 is 0 Å². The Morgan fingerprint density at radius 2 is 1.94 bits per heavy atom. The summed E-state index contributed by atoms with van der Waals surface area (Å²) < 4.78 is 0. The average molecular weight is 261 g/mol. The minimum absolute atomic E-state index is 0.181. The Hall–Kier alpha value is -1.68. The van der Waals surface area contributed by atoms with E-state index in [0.717, 1.165) is 22.7 Å². The van der Waals surface area contributed by atoms with E-state index in [-0.39, 0.29) is 6.42 Å². The fraction of sp³-hybridized carbons (Fsp3) is 0.286. The van der Waals surface area contributed by atoms with Crippen molar-refractivity contribution in [3.05, 3.63) is 52.0 Å². The Labute approximate surface area is 110 Å². The average Bonchev–Trinajstić information content (AvgIpc) is 2.83. The van der Waals surface area contributed by atoms with Crippen molar-refractivity contribution in [3.63, 3.8) is 0 Å². The zero-order chi connectivity index (χ0) is 12.8. The molecule has 1 aromatic heterocycles. The lowest BCUT2D eigenvalue weighted by Crippen LogP contribution is -1.95. The highest BCUT2D eigenvalue weighted by molar-refractivity contribution is 7.11. The molecule has 0 atom stereocenters. The van der Waals surface area contributed by atoms with E-state index in [2.05, 4.69) is 17.1 Å². The van der Waals surface area contributed by atoms with Crippen LogP contribution in [-0.4, -0.2) is 16.1 Å². The minimum atomic E-state index is -0.755. The molecule has 0 unspecified atom stereocenters. The largest absolute Gasteiger partial charge is 0.481 e. The second kappa shape index (κ2) is 6.31. The van der Waals surface area contributed by atoms with E-state index in [4.69, 9.17) is 5.11 Å². The molecule has 0 fully saturated rings. The molecule has 0 saturated carbocycles. The maximum absolute atomic E-state index is 10.5. The van der Waals surface area contributed by atoms with Gasteiger partial charge in [0.2, 0.25) is 0 Å². The number of aliphatic carboxylic acids is 1. The van der Waals surface area contributed by atoms with Gasteiger partial charge in [-0.1, -0.05) is 30.3 Å². The van der Waals surface area contributed by atoms with Crippen LogP contribution in [0.5, 0.6) is 0 Å². The number of carboxylic acid groups (broad SMARTS) is 1. The lowest BCUT2D eigenvalue weighted by Gasteiger charge is -1.97. The maximum atomic E-state index is 10.5. The van der Waals surface area contributed by atoms with Gasteiger partial charge in [0.1, 0.15) is 0 Å². The van der Waals surface area contributed by atoms with Crippen molar-refractivity contribution in [2.24, 2.45) is 0 Å². The van der Waals surface area contributed by atoms with Gasteiger partial charge in [-0.3, -0.25) is 4.79 Å². The lowest BCUT2D eigenvalue weighted by molar-refractivity contribution is -0.136. The van der Waals surface area contributed by atoms with Crippen molar-refractivity contribution in [2.75, 3.05) is 0 Å². The number of rotatable bonds is 6. The quantitative estimate of drug-likeness (QED) is 0.869. The second-order valence-electron chi connectivity index (χ2n) is 4.10. The Bertz CT molecular complexity index is 508. The van der Waals surface area contributed by atoms with Crippen LogP contribution in [0.25, 0.3) is 0 Å². The first-order valence-corrected chi connectivity index (χ1v) is 6.75. The third kappa shape index (κ3) is 3.96. The summed E-state index contributed by atoms with van der Waals surface area (Å²) in [5.41, 5.74) is 1.31. The van der Waals surface area contributed by atoms with Gasteiger partial charge >= 0.3 is 5.97 Å². The van der Waals surface area contributed by atoms with Crippen LogP contribution in [0.15, 0.2) is 36.5 Å². The molecule has 0 spiro atoms. The molecule has 2 rings (SSSR count). The summed E-state index contributed by atoms with van der Waals surface area (Å²) in [5.74, 6) is -0.755. The lowest BCUT2D eigenvalue weighted by atomic mass is 10.1. The smallest absolute Gasteiger partial charge is 0.303 e. The normalized spacial score (nSPS) is 10.4. The highest BCUT2D eigenvalue weighted by Gasteiger charge is 2.04. The van der Waals surface area contributed by atoms with E-state index in [1.165, 1.54) is 5.56 Å². The highest BCUT2D eigenvalue weighted by atomic mass is 32.1. The van der Waals surface area contributed by atoms with Crippen LogP contribution in [0.2, 0.25) is 0 Å². The molecule has 1 aromatic carbocycles. The third-order valence-corrected chi connectivity index (χ3v) is 3.77. The van der Waals surface area contributed by atoms with Crippen molar-refractivity contribution >= 4 is 17.3 Å². The van der Waals surface area contributed by atoms with Gasteiger partial charge in [-0.15, -0.1) is 11.3 Å². The summed E-state index contributed by atoms with van der Waals surface area (Å²) in [7, 11) is 0. The summed E-state index contributed by atoms with van der Waals surface area (Å²) in [6.45, 7) is 0. The molecule has 18 heavy (non-hydrogen) atoms. The molecule has 1 N–H and O–H groups in total. The van der Waals surface area contributed by atoms with Crippen LogP contribution in [0.4, 0.5) is 0 Å². The molecule has 94 valence electrons. The van der Waals surface area contributed by atoms with Crippen molar-refractivity contribution in [2.45, 2.75) is 25.7 Å². The number of nitrogens with zero attached hydrogens (tertiary/aromatic N) is 1. The van der Waals surface area contributed by atoms with Crippen molar-refractivity contribution < 1.29 is 9.90 Å². The zero-order valence-electron chi connectivity index (χ0n) is 10.0. The summed E-state index contributed by atoms with van der Waals surface area (Å²) in [6, 6.07) is 10.3. The maximum Gasteiger partial charge on any atom is 0.303 e. The molecule has 4 heteroatoms. The Balaban J connectivity index is 1.85. The van der Waals surface area contributed by atoms with Crippen LogP contribution in [0.1, 0.15) is 21.9 Å². The molecule has 0 aliphatic rings. The first-order valence-electron chi connectivity index (χ1n) is 5.93.